The molecule has 2 heteroatoms. The number of unbranched alkanes of at least 4 members (excludes halogenated alkanes) is 9. The monoisotopic (exact) mass is 278 g/mol. The van der Waals surface area contributed by atoms with E-state index in [2.05, 4.69) is 13.0 Å². The van der Waals surface area contributed by atoms with Gasteiger partial charge in [0.15, 0.2) is 0 Å². The lowest BCUT2D eigenvalue weighted by Gasteiger charge is -2.00. The van der Waals surface area contributed by atoms with Crippen molar-refractivity contribution in [3.05, 3.63) is 36.5 Å². The molecule has 0 bridgehead atoms. The van der Waals surface area contributed by atoms with Crippen molar-refractivity contribution < 1.29 is 9.90 Å². The highest BCUT2D eigenvalue weighted by Gasteiger charge is 1.90. The van der Waals surface area contributed by atoms with E-state index in [0.717, 1.165) is 12.5 Å². The van der Waals surface area contributed by atoms with Crippen LogP contribution in [0.4, 0.5) is 0 Å². The number of allylic oxidation sites excluding steroid dienone is 5. The molecule has 0 rings (SSSR count). The Labute approximate surface area is 124 Å². The van der Waals surface area contributed by atoms with Crippen LogP contribution >= 0.6 is 0 Å². The Hall–Kier alpha value is -1.31. The second-order valence-electron chi connectivity index (χ2n) is 5.13. The van der Waals surface area contributed by atoms with Crippen LogP contribution in [0.2, 0.25) is 0 Å². The van der Waals surface area contributed by atoms with Crippen molar-refractivity contribution in [2.24, 2.45) is 0 Å². The molecule has 1 N–H and O–H groups in total. The lowest BCUT2D eigenvalue weighted by Crippen LogP contribution is -1.84. The predicted octanol–water partition coefficient (Wildman–Crippen LogP) is 5.66. The third kappa shape index (κ3) is 16.7. The van der Waals surface area contributed by atoms with Gasteiger partial charge in [-0.3, -0.25) is 0 Å². The molecule has 0 saturated carbocycles. The summed E-state index contributed by atoms with van der Waals surface area (Å²) in [4.78, 5) is 10.2. The summed E-state index contributed by atoms with van der Waals surface area (Å²) < 4.78 is 0. The van der Waals surface area contributed by atoms with Crippen molar-refractivity contribution in [1.29, 1.82) is 0 Å². The Morgan fingerprint density at radius 3 is 1.95 bits per heavy atom. The number of aliphatic carboxylic acids is 1. The Balaban J connectivity index is 3.25. The molecule has 0 radical (unpaired) electrons. The van der Waals surface area contributed by atoms with E-state index < -0.39 is 5.97 Å². The summed E-state index contributed by atoms with van der Waals surface area (Å²) in [6.07, 6.45) is 23.7. The summed E-state index contributed by atoms with van der Waals surface area (Å²) >= 11 is 0. The van der Waals surface area contributed by atoms with Gasteiger partial charge in [-0.15, -0.1) is 0 Å². The van der Waals surface area contributed by atoms with Crippen molar-refractivity contribution in [3.63, 3.8) is 0 Å². The molecule has 0 fully saturated rings. The van der Waals surface area contributed by atoms with Crippen LogP contribution in [-0.4, -0.2) is 11.1 Å². The first-order valence-electron chi connectivity index (χ1n) is 8.00. The molecule has 0 heterocycles. The Kier molecular flexibility index (Phi) is 14.7. The molecule has 2 nitrogen and oxygen atoms in total. The van der Waals surface area contributed by atoms with Crippen LogP contribution in [-0.2, 0) is 4.79 Å². The Morgan fingerprint density at radius 2 is 1.35 bits per heavy atom. The van der Waals surface area contributed by atoms with Gasteiger partial charge in [-0.2, -0.15) is 0 Å². The first kappa shape index (κ1) is 18.7. The van der Waals surface area contributed by atoms with Crippen molar-refractivity contribution in [2.75, 3.05) is 0 Å². The summed E-state index contributed by atoms with van der Waals surface area (Å²) in [5, 5.41) is 8.38. The van der Waals surface area contributed by atoms with Crippen LogP contribution in [0, 0.1) is 0 Å². The van der Waals surface area contributed by atoms with Crippen LogP contribution < -0.4 is 0 Å². The van der Waals surface area contributed by atoms with Crippen LogP contribution in [0.15, 0.2) is 36.5 Å². The van der Waals surface area contributed by atoms with E-state index in [0.29, 0.717) is 0 Å². The molecular formula is C18H30O2. The third-order valence-corrected chi connectivity index (χ3v) is 3.18. The van der Waals surface area contributed by atoms with Crippen molar-refractivity contribution >= 4 is 5.97 Å². The average molecular weight is 278 g/mol. The molecule has 0 amide bonds. The fraction of sp³-hybridized carbons (Fsp3) is 0.611. The van der Waals surface area contributed by atoms with Gasteiger partial charge in [0.25, 0.3) is 0 Å². The zero-order chi connectivity index (χ0) is 14.9. The lowest BCUT2D eigenvalue weighted by atomic mass is 10.1. The maximum absolute atomic E-state index is 10.2. The van der Waals surface area contributed by atoms with Crippen LogP contribution in [0.25, 0.3) is 0 Å². The molecule has 114 valence electrons. The number of carboxylic acid groups (broad SMARTS) is 1. The summed E-state index contributed by atoms with van der Waals surface area (Å²) in [7, 11) is 0. The second-order valence-corrected chi connectivity index (χ2v) is 5.13. The molecule has 0 aliphatic rings. The van der Waals surface area contributed by atoms with E-state index in [1.54, 1.807) is 6.08 Å². The van der Waals surface area contributed by atoms with Crippen molar-refractivity contribution in [1.82, 2.24) is 0 Å². The van der Waals surface area contributed by atoms with Gasteiger partial charge in [0.1, 0.15) is 0 Å². The number of carbonyl (C=O) groups is 1. The maximum atomic E-state index is 10.2. The predicted molar refractivity (Wildman–Crippen MR) is 86.9 cm³/mol. The summed E-state index contributed by atoms with van der Waals surface area (Å²) in [6.45, 7) is 2.26. The highest BCUT2D eigenvalue weighted by molar-refractivity contribution is 5.80. The molecular weight excluding hydrogens is 248 g/mol. The van der Waals surface area contributed by atoms with Crippen LogP contribution in [0.3, 0.4) is 0 Å². The summed E-state index contributed by atoms with van der Waals surface area (Å²) in [5.41, 5.74) is 0. The smallest absolute Gasteiger partial charge is 0.328 e. The molecule has 0 saturated heterocycles. The maximum Gasteiger partial charge on any atom is 0.328 e. The Morgan fingerprint density at radius 1 is 0.800 bits per heavy atom. The van der Waals surface area contributed by atoms with Gasteiger partial charge < -0.3 is 5.11 Å². The quantitative estimate of drug-likeness (QED) is 0.268. The number of hydrogen-bond donors (Lipinski definition) is 1. The van der Waals surface area contributed by atoms with Gasteiger partial charge in [0, 0.05) is 6.08 Å². The third-order valence-electron chi connectivity index (χ3n) is 3.18. The zero-order valence-corrected chi connectivity index (χ0v) is 12.9. The molecule has 0 aromatic heterocycles. The molecule has 0 atom stereocenters. The minimum atomic E-state index is -0.909. The van der Waals surface area contributed by atoms with E-state index in [1.165, 1.54) is 63.9 Å². The van der Waals surface area contributed by atoms with Crippen molar-refractivity contribution in [3.8, 4) is 0 Å². The van der Waals surface area contributed by atoms with E-state index in [-0.39, 0.29) is 0 Å². The standard InChI is InChI=1S/C18H30O2/c1-2-3-4-5-6-7-8-9-10-11-12-13-14-15-16-17-18(19)20/h12-17H,2-11H2,1H3,(H,19,20)/b13-12-,15-14-,17-16+. The number of hydrogen-bond acceptors (Lipinski definition) is 1. The highest BCUT2D eigenvalue weighted by Crippen LogP contribution is 2.10. The molecule has 20 heavy (non-hydrogen) atoms. The number of carboxylic acids is 1. The van der Waals surface area contributed by atoms with E-state index in [9.17, 15) is 4.79 Å². The van der Waals surface area contributed by atoms with E-state index in [1.807, 2.05) is 12.2 Å². The normalized spacial score (nSPS) is 12.1. The number of rotatable bonds is 13. The molecule has 0 aromatic carbocycles. The molecule has 0 aliphatic heterocycles. The average Bonchev–Trinajstić information content (AvgIpc) is 2.43. The zero-order valence-electron chi connectivity index (χ0n) is 12.9. The largest absolute Gasteiger partial charge is 0.478 e. The van der Waals surface area contributed by atoms with Gasteiger partial charge in [-0.05, 0) is 12.8 Å². The Bertz CT molecular complexity index is 301. The van der Waals surface area contributed by atoms with E-state index in [4.69, 9.17) is 5.11 Å². The lowest BCUT2D eigenvalue weighted by molar-refractivity contribution is -0.131. The first-order valence-corrected chi connectivity index (χ1v) is 8.00. The van der Waals surface area contributed by atoms with Gasteiger partial charge in [-0.1, -0.05) is 88.7 Å². The van der Waals surface area contributed by atoms with Gasteiger partial charge in [0.2, 0.25) is 0 Å². The minimum absolute atomic E-state index is 0.909. The topological polar surface area (TPSA) is 37.3 Å². The molecule has 0 aliphatic carbocycles. The van der Waals surface area contributed by atoms with E-state index >= 15 is 0 Å². The molecule has 0 aromatic rings. The minimum Gasteiger partial charge on any atom is -0.478 e. The second kappa shape index (κ2) is 15.7. The fourth-order valence-corrected chi connectivity index (χ4v) is 2.01. The van der Waals surface area contributed by atoms with Gasteiger partial charge in [0.05, 0.1) is 0 Å². The summed E-state index contributed by atoms with van der Waals surface area (Å²) in [5.74, 6) is -0.909. The SMILES string of the molecule is CCCCCCCCCCC\C=C/C=C\C=C\C(=O)O. The van der Waals surface area contributed by atoms with Gasteiger partial charge in [-0.25, -0.2) is 4.79 Å². The highest BCUT2D eigenvalue weighted by atomic mass is 16.4. The molecule has 0 unspecified atom stereocenters. The van der Waals surface area contributed by atoms with Crippen LogP contribution in [0.1, 0.15) is 71.1 Å². The van der Waals surface area contributed by atoms with Crippen LogP contribution in [0.5, 0.6) is 0 Å². The fourth-order valence-electron chi connectivity index (χ4n) is 2.01. The molecule has 0 spiro atoms. The van der Waals surface area contributed by atoms with Crippen molar-refractivity contribution in [2.45, 2.75) is 71.1 Å². The van der Waals surface area contributed by atoms with Gasteiger partial charge >= 0.3 is 5.97 Å². The first-order chi connectivity index (χ1) is 9.77. The summed E-state index contributed by atoms with van der Waals surface area (Å²) in [6, 6.07) is 0.